The van der Waals surface area contributed by atoms with Gasteiger partial charge in [-0.3, -0.25) is 9.48 Å². The van der Waals surface area contributed by atoms with Gasteiger partial charge >= 0.3 is 0 Å². The van der Waals surface area contributed by atoms with Crippen LogP contribution in [-0.2, 0) is 13.6 Å². The molecule has 0 N–H and O–H groups in total. The van der Waals surface area contributed by atoms with E-state index in [1.165, 1.54) is 0 Å². The van der Waals surface area contributed by atoms with Crippen molar-refractivity contribution in [1.29, 1.82) is 0 Å². The van der Waals surface area contributed by atoms with Crippen molar-refractivity contribution in [2.75, 3.05) is 0 Å². The molecule has 0 radical (unpaired) electrons. The fourth-order valence-corrected chi connectivity index (χ4v) is 2.45. The predicted molar refractivity (Wildman–Crippen MR) is 77.8 cm³/mol. The SMILES string of the molecule is Cc1nn(C)cc1Cn1c(=O)c(C)nc2ccccc21. The van der Waals surface area contributed by atoms with Crippen molar-refractivity contribution in [3.8, 4) is 0 Å². The van der Waals surface area contributed by atoms with Gasteiger partial charge in [-0.2, -0.15) is 5.10 Å². The van der Waals surface area contributed by atoms with Gasteiger partial charge in [-0.25, -0.2) is 4.98 Å². The van der Waals surface area contributed by atoms with Crippen LogP contribution >= 0.6 is 0 Å². The third-order valence-electron chi connectivity index (χ3n) is 3.46. The number of rotatable bonds is 2. The van der Waals surface area contributed by atoms with E-state index in [-0.39, 0.29) is 5.56 Å². The highest BCUT2D eigenvalue weighted by atomic mass is 16.1. The first kappa shape index (κ1) is 12.6. The van der Waals surface area contributed by atoms with Gasteiger partial charge in [0.05, 0.1) is 23.3 Å². The fourth-order valence-electron chi connectivity index (χ4n) is 2.45. The smallest absolute Gasteiger partial charge is 0.272 e. The molecular weight excluding hydrogens is 252 g/mol. The molecule has 0 saturated heterocycles. The molecule has 0 bridgehead atoms. The second-order valence-electron chi connectivity index (χ2n) is 4.99. The monoisotopic (exact) mass is 268 g/mol. The Balaban J connectivity index is 2.22. The Labute approximate surface area is 116 Å². The minimum absolute atomic E-state index is 0.0491. The Morgan fingerprint density at radius 3 is 2.60 bits per heavy atom. The normalized spacial score (nSPS) is 11.2. The first-order valence-corrected chi connectivity index (χ1v) is 6.51. The lowest BCUT2D eigenvalue weighted by Crippen LogP contribution is -2.24. The molecule has 1 aromatic carbocycles. The third-order valence-corrected chi connectivity index (χ3v) is 3.46. The number of fused-ring (bicyclic) bond motifs is 1. The predicted octanol–water partition coefficient (Wildman–Crippen LogP) is 1.80. The van der Waals surface area contributed by atoms with E-state index in [1.807, 2.05) is 44.4 Å². The van der Waals surface area contributed by atoms with Crippen LogP contribution in [-0.4, -0.2) is 19.3 Å². The molecule has 2 aromatic heterocycles. The molecule has 0 atom stereocenters. The number of hydrogen-bond acceptors (Lipinski definition) is 3. The molecule has 0 aliphatic carbocycles. The van der Waals surface area contributed by atoms with Crippen LogP contribution in [0.5, 0.6) is 0 Å². The van der Waals surface area contributed by atoms with Gasteiger partial charge in [-0.15, -0.1) is 0 Å². The van der Waals surface area contributed by atoms with Gasteiger partial charge in [-0.1, -0.05) is 12.1 Å². The molecule has 0 fully saturated rings. The van der Waals surface area contributed by atoms with Gasteiger partial charge in [0, 0.05) is 18.8 Å². The fraction of sp³-hybridized carbons (Fsp3) is 0.267. The summed E-state index contributed by atoms with van der Waals surface area (Å²) in [6, 6.07) is 7.70. The summed E-state index contributed by atoms with van der Waals surface area (Å²) in [6.07, 6.45) is 1.95. The summed E-state index contributed by atoms with van der Waals surface area (Å²) in [5.41, 5.74) is 4.15. The maximum Gasteiger partial charge on any atom is 0.272 e. The van der Waals surface area contributed by atoms with Crippen molar-refractivity contribution in [3.05, 3.63) is 57.8 Å². The topological polar surface area (TPSA) is 52.7 Å². The van der Waals surface area contributed by atoms with Crippen LogP contribution in [0.2, 0.25) is 0 Å². The molecular formula is C15H16N4O. The number of aryl methyl sites for hydroxylation is 3. The Kier molecular flexibility index (Phi) is 2.89. The van der Waals surface area contributed by atoms with E-state index in [0.29, 0.717) is 12.2 Å². The molecule has 3 aromatic rings. The zero-order valence-corrected chi connectivity index (χ0v) is 11.8. The number of benzene rings is 1. The summed E-state index contributed by atoms with van der Waals surface area (Å²) in [7, 11) is 1.88. The van der Waals surface area contributed by atoms with Gasteiger partial charge in [0.15, 0.2) is 0 Å². The van der Waals surface area contributed by atoms with Crippen molar-refractivity contribution >= 4 is 11.0 Å². The van der Waals surface area contributed by atoms with Crippen LogP contribution < -0.4 is 5.56 Å². The van der Waals surface area contributed by atoms with E-state index in [4.69, 9.17) is 0 Å². The van der Waals surface area contributed by atoms with E-state index in [2.05, 4.69) is 10.1 Å². The standard InChI is InChI=1S/C15H16N4O/c1-10-12(8-18(3)17-10)9-19-14-7-5-4-6-13(14)16-11(2)15(19)20/h4-8H,9H2,1-3H3. The first-order chi connectivity index (χ1) is 9.56. The lowest BCUT2D eigenvalue weighted by molar-refractivity contribution is 0.754. The van der Waals surface area contributed by atoms with Gasteiger partial charge in [0.2, 0.25) is 0 Å². The van der Waals surface area contributed by atoms with E-state index < -0.39 is 0 Å². The lowest BCUT2D eigenvalue weighted by Gasteiger charge is -2.10. The summed E-state index contributed by atoms with van der Waals surface area (Å²) < 4.78 is 3.54. The maximum atomic E-state index is 12.4. The summed E-state index contributed by atoms with van der Waals surface area (Å²) in [4.78, 5) is 16.7. The molecule has 0 unspecified atom stereocenters. The average Bonchev–Trinajstić information content (AvgIpc) is 2.73. The lowest BCUT2D eigenvalue weighted by atomic mass is 10.2. The molecule has 5 heteroatoms. The third kappa shape index (κ3) is 2.01. The molecule has 20 heavy (non-hydrogen) atoms. The summed E-state index contributed by atoms with van der Waals surface area (Å²) >= 11 is 0. The van der Waals surface area contributed by atoms with Gasteiger partial charge < -0.3 is 4.57 Å². The summed E-state index contributed by atoms with van der Waals surface area (Å²) in [5.74, 6) is 0. The quantitative estimate of drug-likeness (QED) is 0.712. The molecule has 0 aliphatic heterocycles. The highest BCUT2D eigenvalue weighted by molar-refractivity contribution is 5.74. The van der Waals surface area contributed by atoms with Gasteiger partial charge in [0.25, 0.3) is 5.56 Å². The number of para-hydroxylation sites is 2. The molecule has 102 valence electrons. The van der Waals surface area contributed by atoms with Crippen molar-refractivity contribution in [2.45, 2.75) is 20.4 Å². The Morgan fingerprint density at radius 1 is 1.15 bits per heavy atom. The van der Waals surface area contributed by atoms with E-state index >= 15 is 0 Å². The van der Waals surface area contributed by atoms with E-state index in [9.17, 15) is 4.79 Å². The molecule has 3 rings (SSSR count). The zero-order valence-electron chi connectivity index (χ0n) is 11.8. The van der Waals surface area contributed by atoms with Crippen LogP contribution in [0.1, 0.15) is 17.0 Å². The van der Waals surface area contributed by atoms with Crippen LogP contribution in [0.25, 0.3) is 11.0 Å². The minimum atomic E-state index is -0.0491. The highest BCUT2D eigenvalue weighted by Gasteiger charge is 2.10. The molecule has 0 spiro atoms. The number of aromatic nitrogens is 4. The van der Waals surface area contributed by atoms with Crippen molar-refractivity contribution in [1.82, 2.24) is 19.3 Å². The Hall–Kier alpha value is -2.43. The number of nitrogens with zero attached hydrogens (tertiary/aromatic N) is 4. The molecule has 2 heterocycles. The Morgan fingerprint density at radius 2 is 1.90 bits per heavy atom. The zero-order chi connectivity index (χ0) is 14.3. The maximum absolute atomic E-state index is 12.4. The molecule has 0 aliphatic rings. The molecule has 5 nitrogen and oxygen atoms in total. The molecule has 0 saturated carbocycles. The van der Waals surface area contributed by atoms with Crippen LogP contribution in [0.4, 0.5) is 0 Å². The highest BCUT2D eigenvalue weighted by Crippen LogP contribution is 2.13. The van der Waals surface area contributed by atoms with Gasteiger partial charge in [-0.05, 0) is 26.0 Å². The Bertz CT molecular complexity index is 845. The van der Waals surface area contributed by atoms with E-state index in [1.54, 1.807) is 16.2 Å². The van der Waals surface area contributed by atoms with Crippen LogP contribution in [0.15, 0.2) is 35.3 Å². The number of hydrogen-bond donors (Lipinski definition) is 0. The van der Waals surface area contributed by atoms with Crippen LogP contribution in [0, 0.1) is 13.8 Å². The largest absolute Gasteiger partial charge is 0.301 e. The van der Waals surface area contributed by atoms with Crippen LogP contribution in [0.3, 0.4) is 0 Å². The molecule has 0 amide bonds. The second kappa shape index (κ2) is 4.59. The van der Waals surface area contributed by atoms with Crippen molar-refractivity contribution in [3.63, 3.8) is 0 Å². The minimum Gasteiger partial charge on any atom is -0.301 e. The van der Waals surface area contributed by atoms with Crippen molar-refractivity contribution in [2.24, 2.45) is 7.05 Å². The second-order valence-corrected chi connectivity index (χ2v) is 4.99. The average molecular weight is 268 g/mol. The van der Waals surface area contributed by atoms with E-state index in [0.717, 1.165) is 22.3 Å². The van der Waals surface area contributed by atoms with Gasteiger partial charge in [0.1, 0.15) is 5.69 Å². The first-order valence-electron chi connectivity index (χ1n) is 6.51. The summed E-state index contributed by atoms with van der Waals surface area (Å²) in [5, 5.41) is 4.33. The summed E-state index contributed by atoms with van der Waals surface area (Å²) in [6.45, 7) is 4.22. The van der Waals surface area contributed by atoms with Crippen molar-refractivity contribution < 1.29 is 0 Å².